The summed E-state index contributed by atoms with van der Waals surface area (Å²) < 4.78 is 0. The summed E-state index contributed by atoms with van der Waals surface area (Å²) in [6.07, 6.45) is 7.53. The van der Waals surface area contributed by atoms with E-state index in [-0.39, 0.29) is 17.9 Å². The van der Waals surface area contributed by atoms with Gasteiger partial charge in [-0.25, -0.2) is 0 Å². The lowest BCUT2D eigenvalue weighted by Gasteiger charge is -2.24. The fraction of sp³-hybridized carbons (Fsp3) is 0.474. The molecule has 5 heteroatoms. The van der Waals surface area contributed by atoms with Crippen molar-refractivity contribution >= 4 is 17.5 Å². The molecule has 0 bridgehead atoms. The van der Waals surface area contributed by atoms with Crippen molar-refractivity contribution in [1.82, 2.24) is 10.6 Å². The van der Waals surface area contributed by atoms with Crippen LogP contribution in [0.4, 0.5) is 5.69 Å². The molecule has 3 unspecified atom stereocenters. The minimum Gasteiger partial charge on any atom is -0.349 e. The average Bonchev–Trinajstić information content (AvgIpc) is 3.04. The third-order valence-corrected chi connectivity index (χ3v) is 5.00. The molecule has 1 aliphatic heterocycles. The molecule has 5 nitrogen and oxygen atoms in total. The number of anilines is 1. The number of benzene rings is 1. The van der Waals surface area contributed by atoms with Crippen LogP contribution in [0.5, 0.6) is 0 Å². The standard InChI is InChI=1S/C19H25N3O2/c1-2-11-20-18(23)13-7-9-15(10-8-13)21-19(24)17-12-14-5-3-4-6-16(14)22-17/h2,7-10,14,16-17,22H,1,3-6,11-12H2,(H,20,23)(H,21,24). The van der Waals surface area contributed by atoms with Crippen molar-refractivity contribution in [2.24, 2.45) is 5.92 Å². The monoisotopic (exact) mass is 327 g/mol. The molecular weight excluding hydrogens is 302 g/mol. The van der Waals surface area contributed by atoms with Crippen molar-refractivity contribution in [3.8, 4) is 0 Å². The molecular formula is C19H25N3O2. The van der Waals surface area contributed by atoms with E-state index >= 15 is 0 Å². The highest BCUT2D eigenvalue weighted by atomic mass is 16.2. The van der Waals surface area contributed by atoms with Gasteiger partial charge in [0.05, 0.1) is 6.04 Å². The van der Waals surface area contributed by atoms with Gasteiger partial charge in [0.1, 0.15) is 0 Å². The second-order valence-corrected chi connectivity index (χ2v) is 6.67. The lowest BCUT2D eigenvalue weighted by Crippen LogP contribution is -2.39. The number of fused-ring (bicyclic) bond motifs is 1. The van der Waals surface area contributed by atoms with E-state index in [2.05, 4.69) is 22.5 Å². The first kappa shape index (κ1) is 16.7. The molecule has 1 saturated carbocycles. The van der Waals surface area contributed by atoms with Gasteiger partial charge in [-0.2, -0.15) is 0 Å². The maximum atomic E-state index is 12.5. The Balaban J connectivity index is 1.55. The molecule has 2 fully saturated rings. The van der Waals surface area contributed by atoms with Crippen molar-refractivity contribution in [3.63, 3.8) is 0 Å². The van der Waals surface area contributed by atoms with Crippen LogP contribution in [0.1, 0.15) is 42.5 Å². The van der Waals surface area contributed by atoms with E-state index in [1.165, 1.54) is 25.7 Å². The number of carbonyl (C=O) groups excluding carboxylic acids is 2. The van der Waals surface area contributed by atoms with Crippen LogP contribution in [0.3, 0.4) is 0 Å². The maximum absolute atomic E-state index is 12.5. The van der Waals surface area contributed by atoms with Crippen LogP contribution >= 0.6 is 0 Å². The molecule has 1 aromatic carbocycles. The third kappa shape index (κ3) is 3.85. The fourth-order valence-corrected chi connectivity index (χ4v) is 3.72. The van der Waals surface area contributed by atoms with Gasteiger partial charge in [0.25, 0.3) is 5.91 Å². The van der Waals surface area contributed by atoms with Crippen LogP contribution in [0.2, 0.25) is 0 Å². The zero-order valence-corrected chi connectivity index (χ0v) is 13.9. The topological polar surface area (TPSA) is 70.2 Å². The minimum atomic E-state index is -0.144. The van der Waals surface area contributed by atoms with Crippen LogP contribution in [0.25, 0.3) is 0 Å². The van der Waals surface area contributed by atoms with Crippen molar-refractivity contribution in [1.29, 1.82) is 0 Å². The van der Waals surface area contributed by atoms with E-state index in [1.807, 2.05) is 0 Å². The molecule has 128 valence electrons. The summed E-state index contributed by atoms with van der Waals surface area (Å²) in [5.41, 5.74) is 1.29. The molecule has 1 aliphatic carbocycles. The normalized spacial score (nSPS) is 25.6. The molecule has 2 aliphatic rings. The number of nitrogens with one attached hydrogen (secondary N) is 3. The highest BCUT2D eigenvalue weighted by Crippen LogP contribution is 2.33. The van der Waals surface area contributed by atoms with E-state index in [4.69, 9.17) is 0 Å². The van der Waals surface area contributed by atoms with Gasteiger partial charge in [0.15, 0.2) is 0 Å². The van der Waals surface area contributed by atoms with Gasteiger partial charge < -0.3 is 16.0 Å². The first-order valence-corrected chi connectivity index (χ1v) is 8.73. The van der Waals surface area contributed by atoms with Crippen molar-refractivity contribution in [3.05, 3.63) is 42.5 Å². The molecule has 3 atom stereocenters. The lowest BCUT2D eigenvalue weighted by molar-refractivity contribution is -0.117. The van der Waals surface area contributed by atoms with Gasteiger partial charge in [0, 0.05) is 23.8 Å². The number of hydrogen-bond acceptors (Lipinski definition) is 3. The number of amides is 2. The van der Waals surface area contributed by atoms with Crippen LogP contribution in [0.15, 0.2) is 36.9 Å². The first-order chi connectivity index (χ1) is 11.7. The van der Waals surface area contributed by atoms with Gasteiger partial charge in [-0.15, -0.1) is 6.58 Å². The van der Waals surface area contributed by atoms with Crippen LogP contribution in [-0.2, 0) is 4.79 Å². The van der Waals surface area contributed by atoms with Crippen LogP contribution in [0, 0.1) is 5.92 Å². The predicted octanol–water partition coefficient (Wildman–Crippen LogP) is 2.46. The van der Waals surface area contributed by atoms with E-state index in [0.29, 0.717) is 24.1 Å². The highest BCUT2D eigenvalue weighted by Gasteiger charge is 2.38. The van der Waals surface area contributed by atoms with Crippen molar-refractivity contribution in [2.45, 2.75) is 44.2 Å². The van der Waals surface area contributed by atoms with Gasteiger partial charge in [-0.05, 0) is 49.4 Å². The van der Waals surface area contributed by atoms with Gasteiger partial charge in [-0.1, -0.05) is 18.9 Å². The Kier molecular flexibility index (Phi) is 5.30. The number of hydrogen-bond donors (Lipinski definition) is 3. The van der Waals surface area contributed by atoms with Gasteiger partial charge in [-0.3, -0.25) is 9.59 Å². The molecule has 3 N–H and O–H groups in total. The van der Waals surface area contributed by atoms with Gasteiger partial charge in [0.2, 0.25) is 5.91 Å². The van der Waals surface area contributed by atoms with E-state index in [1.54, 1.807) is 30.3 Å². The average molecular weight is 327 g/mol. The lowest BCUT2D eigenvalue weighted by atomic mass is 9.85. The Morgan fingerprint density at radius 3 is 2.67 bits per heavy atom. The highest BCUT2D eigenvalue weighted by molar-refractivity contribution is 5.97. The Morgan fingerprint density at radius 1 is 1.21 bits per heavy atom. The molecule has 0 radical (unpaired) electrons. The molecule has 1 aromatic rings. The van der Waals surface area contributed by atoms with Gasteiger partial charge >= 0.3 is 0 Å². The first-order valence-electron chi connectivity index (χ1n) is 8.73. The Morgan fingerprint density at radius 2 is 1.96 bits per heavy atom. The summed E-state index contributed by atoms with van der Waals surface area (Å²) >= 11 is 0. The molecule has 2 amide bonds. The molecule has 0 aromatic heterocycles. The second-order valence-electron chi connectivity index (χ2n) is 6.67. The van der Waals surface area contributed by atoms with Crippen molar-refractivity contribution < 1.29 is 9.59 Å². The summed E-state index contributed by atoms with van der Waals surface area (Å²) in [6, 6.07) is 7.37. The number of carbonyl (C=O) groups is 2. The molecule has 24 heavy (non-hydrogen) atoms. The minimum absolute atomic E-state index is 0.0215. The fourth-order valence-electron chi connectivity index (χ4n) is 3.72. The smallest absolute Gasteiger partial charge is 0.251 e. The molecule has 3 rings (SSSR count). The van der Waals surface area contributed by atoms with Crippen LogP contribution in [-0.4, -0.2) is 30.4 Å². The summed E-state index contributed by atoms with van der Waals surface area (Å²) in [5.74, 6) is 0.521. The Bertz CT molecular complexity index is 598. The molecule has 0 spiro atoms. The zero-order chi connectivity index (χ0) is 16.9. The largest absolute Gasteiger partial charge is 0.349 e. The van der Waals surface area contributed by atoms with Crippen molar-refractivity contribution in [2.75, 3.05) is 11.9 Å². The molecule has 1 saturated heterocycles. The zero-order valence-electron chi connectivity index (χ0n) is 13.9. The number of rotatable bonds is 5. The second kappa shape index (κ2) is 7.62. The quantitative estimate of drug-likeness (QED) is 0.728. The Labute approximate surface area is 142 Å². The van der Waals surface area contributed by atoms with E-state index in [0.717, 1.165) is 12.1 Å². The van der Waals surface area contributed by atoms with E-state index in [9.17, 15) is 9.59 Å². The summed E-state index contributed by atoms with van der Waals surface area (Å²) in [7, 11) is 0. The predicted molar refractivity (Wildman–Crippen MR) is 94.9 cm³/mol. The van der Waals surface area contributed by atoms with E-state index < -0.39 is 0 Å². The van der Waals surface area contributed by atoms with Crippen LogP contribution < -0.4 is 16.0 Å². The third-order valence-electron chi connectivity index (χ3n) is 5.00. The summed E-state index contributed by atoms with van der Waals surface area (Å²) in [6.45, 7) is 4.01. The SMILES string of the molecule is C=CCNC(=O)c1ccc(NC(=O)C2CC3CCCCC3N2)cc1. The summed E-state index contributed by atoms with van der Waals surface area (Å²) in [5, 5.41) is 9.16. The Hall–Kier alpha value is -2.14. The molecule has 1 heterocycles. The summed E-state index contributed by atoms with van der Waals surface area (Å²) in [4.78, 5) is 24.3. The maximum Gasteiger partial charge on any atom is 0.251 e.